The highest BCUT2D eigenvalue weighted by Gasteiger charge is 2.57. The van der Waals surface area contributed by atoms with E-state index in [9.17, 15) is 14.4 Å². The number of alkyl carbamates (subject to hydrolysis) is 1. The van der Waals surface area contributed by atoms with Crippen molar-refractivity contribution in [2.45, 2.75) is 62.5 Å². The first-order valence-corrected chi connectivity index (χ1v) is 11.8. The normalized spacial score (nSPS) is 27.1. The zero-order chi connectivity index (χ0) is 23.4. The molecule has 178 valence electrons. The van der Waals surface area contributed by atoms with Crippen LogP contribution in [0, 0.1) is 5.92 Å². The first-order chi connectivity index (χ1) is 16.4. The van der Waals surface area contributed by atoms with E-state index in [1.54, 1.807) is 25.2 Å². The van der Waals surface area contributed by atoms with Gasteiger partial charge in [-0.1, -0.05) is 6.07 Å². The molecular weight excluding hydrogens is 438 g/mol. The lowest BCUT2D eigenvalue weighted by atomic mass is 9.50. The average Bonchev–Trinajstić information content (AvgIpc) is 3.45. The molecular formula is C24H27N5O5. The van der Waals surface area contributed by atoms with Crippen LogP contribution in [-0.2, 0) is 23.0 Å². The lowest BCUT2D eigenvalue weighted by Crippen LogP contribution is -2.68. The second kappa shape index (κ2) is 7.75. The molecule has 3 N–H and O–H groups in total. The maximum Gasteiger partial charge on any atom is 0.419 e. The van der Waals surface area contributed by atoms with E-state index in [2.05, 4.69) is 20.8 Å². The Balaban J connectivity index is 1.02. The Labute approximate surface area is 195 Å². The number of carbonyl (C=O) groups is 2. The van der Waals surface area contributed by atoms with Gasteiger partial charge in [0.05, 0.1) is 11.9 Å². The summed E-state index contributed by atoms with van der Waals surface area (Å²) in [6.07, 6.45) is 5.47. The second-order valence-electron chi connectivity index (χ2n) is 10.1. The van der Waals surface area contributed by atoms with Crippen molar-refractivity contribution in [3.63, 3.8) is 0 Å². The SMILES string of the molecule is Cn1c(=O)oc2ccc(CC(=O)Nc3cc([C@@H]4CC[C@@H](OC(=O)NC56CC(C5)C6)C4)[nH]n3)cc21. The number of oxazole rings is 1. The molecule has 2 bridgehead atoms. The number of aromatic nitrogens is 3. The maximum atomic E-state index is 12.5. The van der Waals surface area contributed by atoms with Gasteiger partial charge in [-0.25, -0.2) is 9.59 Å². The number of aryl methyl sites for hydroxylation is 1. The standard InChI is InChI=1S/C24H27N5O5/c1-29-18-6-13(2-5-19(18)34-23(29)32)7-21(30)25-20-9-17(27-28-20)15-3-4-16(8-15)33-22(31)26-24-10-14(11-24)12-24/h2,5-6,9,14-16H,3-4,7-8,10-12H2,1H3,(H,26,31)(H2,25,27,28,30)/t14?,15-,16-,24?/m1/s1. The molecule has 0 aliphatic heterocycles. The predicted molar refractivity (Wildman–Crippen MR) is 122 cm³/mol. The van der Waals surface area contributed by atoms with Gasteiger partial charge in [-0.15, -0.1) is 0 Å². The Morgan fingerprint density at radius 1 is 1.26 bits per heavy atom. The molecule has 0 radical (unpaired) electrons. The lowest BCUT2D eigenvalue weighted by Gasteiger charge is -2.61. The summed E-state index contributed by atoms with van der Waals surface area (Å²) in [5.41, 5.74) is 2.86. The van der Waals surface area contributed by atoms with Gasteiger partial charge >= 0.3 is 11.8 Å². The van der Waals surface area contributed by atoms with Crippen molar-refractivity contribution in [1.29, 1.82) is 0 Å². The number of nitrogens with zero attached hydrogens (tertiary/aromatic N) is 2. The summed E-state index contributed by atoms with van der Waals surface area (Å²) >= 11 is 0. The summed E-state index contributed by atoms with van der Waals surface area (Å²) in [4.78, 5) is 36.4. The van der Waals surface area contributed by atoms with Crippen molar-refractivity contribution in [2.75, 3.05) is 5.32 Å². The molecule has 2 amide bonds. The molecule has 3 aromatic rings. The largest absolute Gasteiger partial charge is 0.446 e. The maximum absolute atomic E-state index is 12.5. The highest BCUT2D eigenvalue weighted by molar-refractivity contribution is 5.92. The van der Waals surface area contributed by atoms with Gasteiger partial charge in [0.25, 0.3) is 0 Å². The Morgan fingerprint density at radius 3 is 2.85 bits per heavy atom. The fraction of sp³-hybridized carbons (Fsp3) is 0.500. The first kappa shape index (κ1) is 21.0. The van der Waals surface area contributed by atoms with Crippen molar-refractivity contribution in [2.24, 2.45) is 13.0 Å². The minimum absolute atomic E-state index is 0.0250. The number of aromatic amines is 1. The number of amides is 2. The number of H-pyrrole nitrogens is 1. The molecule has 0 saturated heterocycles. The first-order valence-electron chi connectivity index (χ1n) is 11.8. The lowest BCUT2D eigenvalue weighted by molar-refractivity contribution is -0.115. The molecule has 2 atom stereocenters. The second-order valence-corrected chi connectivity index (χ2v) is 10.1. The monoisotopic (exact) mass is 465 g/mol. The quantitative estimate of drug-likeness (QED) is 0.513. The van der Waals surface area contributed by atoms with Gasteiger partial charge in [0.15, 0.2) is 11.4 Å². The number of hydrogen-bond acceptors (Lipinski definition) is 6. The van der Waals surface area contributed by atoms with E-state index in [-0.39, 0.29) is 36.0 Å². The molecule has 4 fully saturated rings. The van der Waals surface area contributed by atoms with Crippen LogP contribution in [0.15, 0.2) is 33.5 Å². The topological polar surface area (TPSA) is 131 Å². The third-order valence-electron chi connectivity index (χ3n) is 7.59. The van der Waals surface area contributed by atoms with E-state index < -0.39 is 5.76 Å². The molecule has 4 aliphatic carbocycles. The third kappa shape index (κ3) is 3.76. The van der Waals surface area contributed by atoms with Crippen LogP contribution in [0.25, 0.3) is 11.1 Å². The predicted octanol–water partition coefficient (Wildman–Crippen LogP) is 2.95. The highest BCUT2D eigenvalue weighted by atomic mass is 16.6. The van der Waals surface area contributed by atoms with E-state index in [0.717, 1.165) is 55.7 Å². The van der Waals surface area contributed by atoms with Crippen LogP contribution >= 0.6 is 0 Å². The molecule has 4 aliphatic rings. The van der Waals surface area contributed by atoms with Crippen LogP contribution in [0.1, 0.15) is 55.7 Å². The van der Waals surface area contributed by atoms with Crippen LogP contribution in [0.5, 0.6) is 0 Å². The van der Waals surface area contributed by atoms with Crippen LogP contribution < -0.4 is 16.4 Å². The molecule has 4 saturated carbocycles. The minimum Gasteiger partial charge on any atom is -0.446 e. The number of carbonyl (C=O) groups excluding carboxylic acids is 2. The Hall–Kier alpha value is -3.56. The highest BCUT2D eigenvalue weighted by Crippen LogP contribution is 2.57. The molecule has 2 aromatic heterocycles. The molecule has 1 aromatic carbocycles. The van der Waals surface area contributed by atoms with Gasteiger partial charge in [-0.2, -0.15) is 5.10 Å². The molecule has 10 heteroatoms. The van der Waals surface area contributed by atoms with Crippen LogP contribution in [-0.4, -0.2) is 38.4 Å². The molecule has 0 unspecified atom stereocenters. The number of fused-ring (bicyclic) bond motifs is 1. The van der Waals surface area contributed by atoms with Crippen molar-refractivity contribution >= 4 is 28.9 Å². The summed E-state index contributed by atoms with van der Waals surface area (Å²) in [5, 5.41) is 13.1. The third-order valence-corrected chi connectivity index (χ3v) is 7.59. The molecule has 10 nitrogen and oxygen atoms in total. The fourth-order valence-corrected chi connectivity index (χ4v) is 5.62. The fourth-order valence-electron chi connectivity index (χ4n) is 5.62. The van der Waals surface area contributed by atoms with E-state index in [1.165, 1.54) is 4.57 Å². The minimum atomic E-state index is -0.435. The molecule has 2 heterocycles. The van der Waals surface area contributed by atoms with Gasteiger partial charge in [0.2, 0.25) is 5.91 Å². The Bertz CT molecular complexity index is 1320. The van der Waals surface area contributed by atoms with Crippen LogP contribution in [0.2, 0.25) is 0 Å². The summed E-state index contributed by atoms with van der Waals surface area (Å²) in [5.74, 6) is 0.832. The van der Waals surface area contributed by atoms with Gasteiger partial charge in [-0.05, 0) is 62.1 Å². The van der Waals surface area contributed by atoms with Crippen molar-refractivity contribution < 1.29 is 18.7 Å². The Morgan fingerprint density at radius 2 is 2.09 bits per heavy atom. The number of rotatable bonds is 6. The van der Waals surface area contributed by atoms with Gasteiger partial charge in [-0.3, -0.25) is 14.5 Å². The Kier molecular flexibility index (Phi) is 4.79. The van der Waals surface area contributed by atoms with Crippen molar-refractivity contribution in [3.8, 4) is 0 Å². The van der Waals surface area contributed by atoms with Gasteiger partial charge in [0, 0.05) is 30.3 Å². The van der Waals surface area contributed by atoms with Crippen molar-refractivity contribution in [1.82, 2.24) is 20.1 Å². The molecule has 7 rings (SSSR count). The molecule has 0 spiro atoms. The van der Waals surface area contributed by atoms with Gasteiger partial charge < -0.3 is 19.8 Å². The van der Waals surface area contributed by atoms with E-state index in [1.807, 2.05) is 6.07 Å². The van der Waals surface area contributed by atoms with Gasteiger partial charge in [0.1, 0.15) is 6.10 Å². The zero-order valence-corrected chi connectivity index (χ0v) is 18.9. The number of nitrogens with one attached hydrogen (secondary N) is 3. The zero-order valence-electron chi connectivity index (χ0n) is 18.9. The summed E-state index contributed by atoms with van der Waals surface area (Å²) in [7, 11) is 1.63. The van der Waals surface area contributed by atoms with Crippen LogP contribution in [0.4, 0.5) is 10.6 Å². The summed E-state index contributed by atoms with van der Waals surface area (Å²) in [6, 6.07) is 7.08. The van der Waals surface area contributed by atoms with Crippen molar-refractivity contribution in [3.05, 3.63) is 46.1 Å². The number of hydrogen-bond donors (Lipinski definition) is 3. The number of ether oxygens (including phenoxy) is 1. The van der Waals surface area contributed by atoms with E-state index in [0.29, 0.717) is 16.9 Å². The van der Waals surface area contributed by atoms with Crippen LogP contribution in [0.3, 0.4) is 0 Å². The average molecular weight is 466 g/mol. The smallest absolute Gasteiger partial charge is 0.419 e. The number of anilines is 1. The summed E-state index contributed by atoms with van der Waals surface area (Å²) < 4.78 is 12.2. The van der Waals surface area contributed by atoms with E-state index >= 15 is 0 Å². The van der Waals surface area contributed by atoms with E-state index in [4.69, 9.17) is 9.15 Å². The summed E-state index contributed by atoms with van der Waals surface area (Å²) in [6.45, 7) is 0. The number of benzene rings is 1. The molecule has 34 heavy (non-hydrogen) atoms.